The Bertz CT molecular complexity index is 388. The first kappa shape index (κ1) is 14.4. The minimum Gasteiger partial charge on any atom is -0.342 e. The van der Waals surface area contributed by atoms with Crippen molar-refractivity contribution in [3.63, 3.8) is 0 Å². The molecule has 0 aromatic carbocycles. The number of piperidine rings is 1. The number of hydrogen-bond acceptors (Lipinski definition) is 2. The van der Waals surface area contributed by atoms with Gasteiger partial charge < -0.3 is 4.90 Å². The average Bonchev–Trinajstić information content (AvgIpc) is 3.00. The molecule has 2 heterocycles. The largest absolute Gasteiger partial charge is 0.342 e. The van der Waals surface area contributed by atoms with Crippen molar-refractivity contribution >= 4 is 5.91 Å². The van der Waals surface area contributed by atoms with Gasteiger partial charge in [-0.05, 0) is 50.9 Å². The van der Waals surface area contributed by atoms with Gasteiger partial charge in [0.1, 0.15) is 0 Å². The summed E-state index contributed by atoms with van der Waals surface area (Å²) in [5.74, 6) is 1.53. The smallest absolute Gasteiger partial charge is 0.226 e. The van der Waals surface area contributed by atoms with Crippen molar-refractivity contribution < 1.29 is 4.79 Å². The third kappa shape index (κ3) is 2.28. The Morgan fingerprint density at radius 3 is 2.40 bits per heavy atom. The van der Waals surface area contributed by atoms with Crippen LogP contribution in [-0.4, -0.2) is 47.4 Å². The highest BCUT2D eigenvalue weighted by atomic mass is 16.2. The standard InChI is InChI=1S/C17H30N2O/c1-12(2)15-6-7-17(11-19(15)13(3)4)10-14(17)16(20)18-8-5-9-18/h12-15H,5-11H2,1-4H3. The summed E-state index contributed by atoms with van der Waals surface area (Å²) in [6, 6.07) is 1.31. The second kappa shape index (κ2) is 5.01. The van der Waals surface area contributed by atoms with Crippen LogP contribution in [0.4, 0.5) is 0 Å². The predicted molar refractivity (Wildman–Crippen MR) is 81.4 cm³/mol. The molecule has 3 atom stereocenters. The summed E-state index contributed by atoms with van der Waals surface area (Å²) in [7, 11) is 0. The van der Waals surface area contributed by atoms with Crippen molar-refractivity contribution in [2.24, 2.45) is 17.3 Å². The van der Waals surface area contributed by atoms with E-state index in [0.29, 0.717) is 29.3 Å². The van der Waals surface area contributed by atoms with Crippen molar-refractivity contribution in [3.8, 4) is 0 Å². The summed E-state index contributed by atoms with van der Waals surface area (Å²) in [5, 5.41) is 0. The summed E-state index contributed by atoms with van der Waals surface area (Å²) in [4.78, 5) is 17.2. The van der Waals surface area contributed by atoms with Gasteiger partial charge in [-0.2, -0.15) is 0 Å². The molecule has 0 N–H and O–H groups in total. The lowest BCUT2D eigenvalue weighted by molar-refractivity contribution is -0.137. The second-order valence-electron chi connectivity index (χ2n) is 7.91. The molecule has 0 bridgehead atoms. The van der Waals surface area contributed by atoms with Crippen LogP contribution in [0.5, 0.6) is 0 Å². The first-order valence-corrected chi connectivity index (χ1v) is 8.49. The van der Waals surface area contributed by atoms with Gasteiger partial charge >= 0.3 is 0 Å². The van der Waals surface area contributed by atoms with E-state index in [1.807, 2.05) is 0 Å². The molecule has 20 heavy (non-hydrogen) atoms. The van der Waals surface area contributed by atoms with Crippen LogP contribution >= 0.6 is 0 Å². The Balaban J connectivity index is 1.67. The van der Waals surface area contributed by atoms with Gasteiger partial charge in [-0.15, -0.1) is 0 Å². The molecule has 1 aliphatic carbocycles. The van der Waals surface area contributed by atoms with Gasteiger partial charge in [-0.1, -0.05) is 13.8 Å². The van der Waals surface area contributed by atoms with Gasteiger partial charge in [-0.3, -0.25) is 9.69 Å². The number of amides is 1. The summed E-state index contributed by atoms with van der Waals surface area (Å²) < 4.78 is 0. The zero-order valence-corrected chi connectivity index (χ0v) is 13.6. The van der Waals surface area contributed by atoms with Crippen LogP contribution in [0.1, 0.15) is 53.4 Å². The van der Waals surface area contributed by atoms with Gasteiger partial charge in [0, 0.05) is 37.6 Å². The van der Waals surface area contributed by atoms with E-state index in [2.05, 4.69) is 37.5 Å². The molecule has 3 unspecified atom stereocenters. The Morgan fingerprint density at radius 1 is 1.20 bits per heavy atom. The molecule has 2 saturated heterocycles. The molecule has 0 radical (unpaired) electrons. The van der Waals surface area contributed by atoms with Crippen LogP contribution in [-0.2, 0) is 4.79 Å². The Morgan fingerprint density at radius 2 is 1.90 bits per heavy atom. The van der Waals surface area contributed by atoms with Gasteiger partial charge in [0.2, 0.25) is 5.91 Å². The van der Waals surface area contributed by atoms with Crippen molar-refractivity contribution in [2.75, 3.05) is 19.6 Å². The normalized spacial score (nSPS) is 37.6. The number of hydrogen-bond donors (Lipinski definition) is 0. The molecule has 3 heteroatoms. The van der Waals surface area contributed by atoms with E-state index < -0.39 is 0 Å². The average molecular weight is 278 g/mol. The molecular weight excluding hydrogens is 248 g/mol. The summed E-state index contributed by atoms with van der Waals surface area (Å²) in [5.41, 5.74) is 0.336. The van der Waals surface area contributed by atoms with Crippen molar-refractivity contribution in [1.82, 2.24) is 9.80 Å². The van der Waals surface area contributed by atoms with Crippen LogP contribution in [0, 0.1) is 17.3 Å². The molecule has 3 rings (SSSR count). The van der Waals surface area contributed by atoms with Gasteiger partial charge in [0.25, 0.3) is 0 Å². The van der Waals surface area contributed by atoms with Crippen molar-refractivity contribution in [2.45, 2.75) is 65.5 Å². The van der Waals surface area contributed by atoms with Crippen LogP contribution in [0.25, 0.3) is 0 Å². The van der Waals surface area contributed by atoms with E-state index in [-0.39, 0.29) is 0 Å². The predicted octanol–water partition coefficient (Wildman–Crippen LogP) is 2.75. The third-order valence-corrected chi connectivity index (χ3v) is 5.95. The number of carbonyl (C=O) groups excluding carboxylic acids is 1. The number of carbonyl (C=O) groups is 1. The zero-order chi connectivity index (χ0) is 14.5. The molecule has 0 aromatic heterocycles. The molecule has 1 saturated carbocycles. The zero-order valence-electron chi connectivity index (χ0n) is 13.6. The minimum absolute atomic E-state index is 0.336. The van der Waals surface area contributed by atoms with Crippen molar-refractivity contribution in [1.29, 1.82) is 0 Å². The quantitative estimate of drug-likeness (QED) is 0.792. The van der Waals surface area contributed by atoms with E-state index in [9.17, 15) is 4.79 Å². The SMILES string of the molecule is CC(C)C1CCC2(CC2C(=O)N2CCC2)CN1C(C)C. The first-order chi connectivity index (χ1) is 9.44. The number of likely N-dealkylation sites (tertiary alicyclic amines) is 2. The maximum absolute atomic E-state index is 12.5. The first-order valence-electron chi connectivity index (χ1n) is 8.49. The van der Waals surface area contributed by atoms with Gasteiger partial charge in [-0.25, -0.2) is 0 Å². The highest BCUT2D eigenvalue weighted by Gasteiger charge is 2.61. The molecule has 3 aliphatic rings. The van der Waals surface area contributed by atoms with Gasteiger partial charge in [0.05, 0.1) is 0 Å². The maximum Gasteiger partial charge on any atom is 0.226 e. The fraction of sp³-hybridized carbons (Fsp3) is 0.941. The molecule has 0 aromatic rings. The lowest BCUT2D eigenvalue weighted by Gasteiger charge is -2.45. The van der Waals surface area contributed by atoms with Crippen molar-refractivity contribution in [3.05, 3.63) is 0 Å². The topological polar surface area (TPSA) is 23.6 Å². The molecule has 3 fully saturated rings. The molecular formula is C17H30N2O. The molecule has 1 amide bonds. The third-order valence-electron chi connectivity index (χ3n) is 5.95. The fourth-order valence-electron chi connectivity index (χ4n) is 4.35. The van der Waals surface area contributed by atoms with Crippen LogP contribution < -0.4 is 0 Å². The Hall–Kier alpha value is -0.570. The number of nitrogens with zero attached hydrogens (tertiary/aromatic N) is 2. The summed E-state index contributed by atoms with van der Waals surface area (Å²) >= 11 is 0. The van der Waals surface area contributed by atoms with E-state index in [1.54, 1.807) is 0 Å². The number of rotatable bonds is 3. The van der Waals surface area contributed by atoms with Gasteiger partial charge in [0.15, 0.2) is 0 Å². The minimum atomic E-state index is 0.336. The Kier molecular flexibility index (Phi) is 3.60. The lowest BCUT2D eigenvalue weighted by Crippen LogP contribution is -2.51. The monoisotopic (exact) mass is 278 g/mol. The highest BCUT2D eigenvalue weighted by Crippen LogP contribution is 2.60. The molecule has 2 aliphatic heterocycles. The second-order valence-corrected chi connectivity index (χ2v) is 7.91. The van der Waals surface area contributed by atoms with Crippen LogP contribution in [0.2, 0.25) is 0 Å². The summed E-state index contributed by atoms with van der Waals surface area (Å²) in [6.07, 6.45) is 4.90. The molecule has 3 nitrogen and oxygen atoms in total. The fourth-order valence-corrected chi connectivity index (χ4v) is 4.35. The van der Waals surface area contributed by atoms with Crippen LogP contribution in [0.3, 0.4) is 0 Å². The van der Waals surface area contributed by atoms with E-state index in [0.717, 1.165) is 32.0 Å². The Labute approximate surface area is 123 Å². The van der Waals surface area contributed by atoms with E-state index in [4.69, 9.17) is 0 Å². The molecule has 114 valence electrons. The lowest BCUT2D eigenvalue weighted by atomic mass is 9.83. The van der Waals surface area contributed by atoms with Crippen LogP contribution in [0.15, 0.2) is 0 Å². The highest BCUT2D eigenvalue weighted by molar-refractivity contribution is 5.83. The molecule has 1 spiro atoms. The summed E-state index contributed by atoms with van der Waals surface area (Å²) in [6.45, 7) is 12.5. The maximum atomic E-state index is 12.5. The van der Waals surface area contributed by atoms with E-state index >= 15 is 0 Å². The van der Waals surface area contributed by atoms with E-state index in [1.165, 1.54) is 19.3 Å².